The van der Waals surface area contributed by atoms with Crippen molar-refractivity contribution in [2.24, 2.45) is 85.8 Å². The minimum Gasteiger partial charge on any atom is -0.389 e. The third-order valence-electron chi connectivity index (χ3n) is 17.0. The van der Waals surface area contributed by atoms with Crippen molar-refractivity contribution in [3.63, 3.8) is 0 Å². The maximum absolute atomic E-state index is 13.4. The fourth-order valence-electron chi connectivity index (χ4n) is 13.4. The van der Waals surface area contributed by atoms with Gasteiger partial charge in [0.1, 0.15) is 0 Å². The molecule has 36 heavy (non-hydrogen) atoms. The average molecular weight is 501 g/mol. The van der Waals surface area contributed by atoms with Gasteiger partial charge in [-0.05, 0) is 99.6 Å². The topological polar surface area (TPSA) is 20.2 Å². The van der Waals surface area contributed by atoms with E-state index in [1.807, 2.05) is 0 Å². The van der Waals surface area contributed by atoms with Crippen LogP contribution in [0.3, 0.4) is 0 Å². The third-order valence-corrected chi connectivity index (χ3v) is 17.0. The number of rotatable bonds is 1. The average Bonchev–Trinajstić information content (AvgIpc) is 2.77. The van der Waals surface area contributed by atoms with Crippen molar-refractivity contribution in [1.29, 1.82) is 0 Å². The molecular weight excluding hydrogens is 436 g/mol. The smallest absolute Gasteiger partial charge is 0.0747 e. The molecule has 10 unspecified atom stereocenters. The van der Waals surface area contributed by atoms with Crippen LogP contribution in [0.1, 0.15) is 130 Å². The molecule has 0 aliphatic heterocycles. The lowest BCUT2D eigenvalue weighted by molar-refractivity contribution is -0.356. The maximum Gasteiger partial charge on any atom is 0.0747 e. The van der Waals surface area contributed by atoms with E-state index >= 15 is 0 Å². The van der Waals surface area contributed by atoms with Gasteiger partial charge in [0, 0.05) is 5.41 Å². The van der Waals surface area contributed by atoms with Crippen LogP contribution in [0.2, 0.25) is 0 Å². The molecule has 0 spiro atoms. The first-order chi connectivity index (χ1) is 16.1. The lowest BCUT2D eigenvalue weighted by atomic mass is 9.26. The van der Waals surface area contributed by atoms with Crippen molar-refractivity contribution in [3.8, 4) is 0 Å². The normalized spacial score (nSPS) is 60.2. The Morgan fingerprint density at radius 3 is 1.75 bits per heavy atom. The molecule has 4 aliphatic carbocycles. The second-order valence-corrected chi connectivity index (χ2v) is 17.6. The van der Waals surface area contributed by atoms with E-state index in [1.54, 1.807) is 0 Å². The van der Waals surface area contributed by atoms with E-state index in [4.69, 9.17) is 0 Å². The van der Waals surface area contributed by atoms with E-state index in [1.165, 1.54) is 12.8 Å². The van der Waals surface area contributed by atoms with Crippen LogP contribution in [-0.4, -0.2) is 10.7 Å². The van der Waals surface area contributed by atoms with E-state index in [9.17, 15) is 5.11 Å². The maximum atomic E-state index is 13.4. The molecule has 4 aliphatic rings. The van der Waals surface area contributed by atoms with Gasteiger partial charge < -0.3 is 5.11 Å². The molecule has 13 atom stereocenters. The molecule has 210 valence electrons. The zero-order valence-corrected chi connectivity index (χ0v) is 27.3. The van der Waals surface area contributed by atoms with Crippen LogP contribution in [-0.2, 0) is 0 Å². The van der Waals surface area contributed by atoms with Crippen LogP contribution in [0.15, 0.2) is 0 Å². The van der Waals surface area contributed by atoms with E-state index in [0.717, 1.165) is 6.42 Å². The lowest BCUT2D eigenvalue weighted by Gasteiger charge is -2.80. The Bertz CT molecular complexity index is 885. The van der Waals surface area contributed by atoms with Gasteiger partial charge in [-0.1, -0.05) is 111 Å². The number of aliphatic hydroxyl groups is 1. The van der Waals surface area contributed by atoms with Gasteiger partial charge in [-0.15, -0.1) is 0 Å². The van der Waals surface area contributed by atoms with Gasteiger partial charge >= 0.3 is 0 Å². The summed E-state index contributed by atoms with van der Waals surface area (Å²) in [5, 5.41) is 13.4. The third kappa shape index (κ3) is 2.84. The van der Waals surface area contributed by atoms with Crippen molar-refractivity contribution < 1.29 is 5.11 Å². The largest absolute Gasteiger partial charge is 0.389 e. The number of fused-ring (bicyclic) bond motifs is 5. The molecule has 0 aromatic carbocycles. The Hall–Kier alpha value is -0.0400. The summed E-state index contributed by atoms with van der Waals surface area (Å²) in [4.78, 5) is 0. The van der Waals surface area contributed by atoms with Gasteiger partial charge in [-0.3, -0.25) is 0 Å². The van der Waals surface area contributed by atoms with Crippen molar-refractivity contribution in [1.82, 2.24) is 0 Å². The highest BCUT2D eigenvalue weighted by molar-refractivity contribution is 5.27. The fraction of sp³-hybridized carbons (Fsp3) is 1.00. The summed E-state index contributed by atoms with van der Waals surface area (Å²) in [6.07, 6.45) is 3.41. The van der Waals surface area contributed by atoms with E-state index in [-0.39, 0.29) is 21.7 Å². The molecule has 0 amide bonds. The second-order valence-electron chi connectivity index (χ2n) is 17.6. The molecular formula is C35H64O. The summed E-state index contributed by atoms with van der Waals surface area (Å²) < 4.78 is 0. The molecule has 0 saturated heterocycles. The monoisotopic (exact) mass is 500 g/mol. The Kier molecular flexibility index (Phi) is 6.26. The molecule has 0 aromatic heterocycles. The van der Waals surface area contributed by atoms with Crippen molar-refractivity contribution in [3.05, 3.63) is 0 Å². The lowest BCUT2D eigenvalue weighted by Crippen LogP contribution is -2.79. The summed E-state index contributed by atoms with van der Waals surface area (Å²) in [6, 6.07) is 0. The zero-order valence-electron chi connectivity index (χ0n) is 27.3. The summed E-state index contributed by atoms with van der Waals surface area (Å²) in [6.45, 7) is 40.8. The van der Waals surface area contributed by atoms with Crippen molar-refractivity contribution >= 4 is 0 Å². The van der Waals surface area contributed by atoms with E-state index in [0.29, 0.717) is 64.1 Å². The van der Waals surface area contributed by atoms with Gasteiger partial charge in [0.25, 0.3) is 0 Å². The molecule has 0 heterocycles. The Morgan fingerprint density at radius 1 is 0.722 bits per heavy atom. The van der Waals surface area contributed by atoms with Crippen LogP contribution in [0, 0.1) is 85.8 Å². The standard InChI is InChI=1S/C35H64O/c1-20(2)32(14)22(4)21(3)28-31(13,26(32)8)18-17-27-33(28,15)23(5)24(6)34(16)30(11,12)25(7)29(9,10)19-35(27,34)36/h20-28,36H,17-19H2,1-16H3/t21?,22?,23?,24?,25?,26?,27?,28?,31-,32?,33-,34-,35?/m0/s1. The number of hydrogen-bond acceptors (Lipinski definition) is 1. The Labute approximate surface area is 226 Å². The first kappa shape index (κ1) is 29.0. The summed E-state index contributed by atoms with van der Waals surface area (Å²) in [7, 11) is 0. The van der Waals surface area contributed by atoms with Crippen LogP contribution in [0.4, 0.5) is 0 Å². The Morgan fingerprint density at radius 2 is 1.25 bits per heavy atom. The van der Waals surface area contributed by atoms with Gasteiger partial charge in [-0.25, -0.2) is 0 Å². The highest BCUT2D eigenvalue weighted by Gasteiger charge is 2.78. The molecule has 1 heteroatoms. The first-order valence-electron chi connectivity index (χ1n) is 15.8. The minimum absolute atomic E-state index is 0.0776. The van der Waals surface area contributed by atoms with Gasteiger partial charge in [0.05, 0.1) is 5.60 Å². The van der Waals surface area contributed by atoms with E-state index in [2.05, 4.69) is 111 Å². The Balaban J connectivity index is 1.95. The van der Waals surface area contributed by atoms with Crippen LogP contribution in [0.5, 0.6) is 0 Å². The second kappa shape index (κ2) is 7.79. The summed E-state index contributed by atoms with van der Waals surface area (Å²) in [5.41, 5.74) is 0.318. The van der Waals surface area contributed by atoms with Crippen molar-refractivity contribution in [2.75, 3.05) is 0 Å². The SMILES string of the molecule is CC1C(C)C(C)(C(C)C)C(C)[C@]2(C)CCC3C4(O)CC(C)(C)C(C)C(C)(C)[C@]4(C)C(C)C(C)[C@]3(C)C12. The molecule has 0 aromatic rings. The molecule has 1 nitrogen and oxygen atoms in total. The zero-order chi connectivity index (χ0) is 27.8. The summed E-state index contributed by atoms with van der Waals surface area (Å²) >= 11 is 0. The molecule has 4 fully saturated rings. The summed E-state index contributed by atoms with van der Waals surface area (Å²) in [5.74, 6) is 5.39. The molecule has 0 radical (unpaired) electrons. The fourth-order valence-corrected chi connectivity index (χ4v) is 13.4. The highest BCUT2D eigenvalue weighted by atomic mass is 16.3. The van der Waals surface area contributed by atoms with Crippen molar-refractivity contribution in [2.45, 2.75) is 136 Å². The minimum atomic E-state index is -0.625. The molecule has 4 rings (SSSR count). The quantitative estimate of drug-likeness (QED) is 0.380. The molecule has 0 bridgehead atoms. The van der Waals surface area contributed by atoms with Crippen LogP contribution >= 0.6 is 0 Å². The predicted octanol–water partition coefficient (Wildman–Crippen LogP) is 9.72. The first-order valence-corrected chi connectivity index (χ1v) is 15.8. The van der Waals surface area contributed by atoms with Gasteiger partial charge in [0.15, 0.2) is 0 Å². The predicted molar refractivity (Wildman–Crippen MR) is 156 cm³/mol. The van der Waals surface area contributed by atoms with Gasteiger partial charge in [-0.2, -0.15) is 0 Å². The van der Waals surface area contributed by atoms with Gasteiger partial charge in [0.2, 0.25) is 0 Å². The number of hydrogen-bond donors (Lipinski definition) is 1. The van der Waals surface area contributed by atoms with Crippen LogP contribution < -0.4 is 0 Å². The highest BCUT2D eigenvalue weighted by Crippen LogP contribution is 2.80. The van der Waals surface area contributed by atoms with Crippen LogP contribution in [0.25, 0.3) is 0 Å². The van der Waals surface area contributed by atoms with E-state index < -0.39 is 5.60 Å². The molecule has 4 saturated carbocycles. The molecule has 1 N–H and O–H groups in total.